The summed E-state index contributed by atoms with van der Waals surface area (Å²) in [7, 11) is 0. The fourth-order valence-electron chi connectivity index (χ4n) is 11.6. The maximum atomic E-state index is 2.54. The highest BCUT2D eigenvalue weighted by atomic mass is 15.0. The normalized spacial score (nSPS) is 14.0. The molecule has 0 N–H and O–H groups in total. The third kappa shape index (κ3) is 5.29. The number of para-hydroxylation sites is 2. The van der Waals surface area contributed by atoms with Crippen LogP contribution in [0.2, 0.25) is 0 Å². The first kappa shape index (κ1) is 36.3. The zero-order valence-corrected chi connectivity index (χ0v) is 36.0. The molecule has 10 aromatic carbocycles. The Morgan fingerprint density at radius 1 is 0.400 bits per heavy atom. The Balaban J connectivity index is 0.960. The van der Waals surface area contributed by atoms with Gasteiger partial charge in [-0.3, -0.25) is 0 Å². The quantitative estimate of drug-likeness (QED) is 0.164. The van der Waals surface area contributed by atoms with Gasteiger partial charge in [-0.25, -0.2) is 0 Å². The number of allylic oxidation sites excluding steroid dienone is 1. The summed E-state index contributed by atoms with van der Waals surface area (Å²) >= 11 is 0. The molecule has 2 heteroatoms. The lowest BCUT2D eigenvalue weighted by molar-refractivity contribution is 0.723. The predicted molar refractivity (Wildman–Crippen MR) is 275 cm³/mol. The van der Waals surface area contributed by atoms with E-state index in [0.29, 0.717) is 5.92 Å². The Morgan fingerprint density at radius 3 is 1.86 bits per heavy atom. The van der Waals surface area contributed by atoms with Gasteiger partial charge in [0.05, 0.1) is 22.2 Å². The van der Waals surface area contributed by atoms with Crippen molar-refractivity contribution in [3.8, 4) is 67.0 Å². The van der Waals surface area contributed by atoms with E-state index < -0.39 is 0 Å². The van der Waals surface area contributed by atoms with Crippen LogP contribution < -0.4 is 0 Å². The van der Waals surface area contributed by atoms with Crippen LogP contribution in [0.5, 0.6) is 0 Å². The first-order valence-electron chi connectivity index (χ1n) is 22.9. The molecule has 0 spiro atoms. The molecule has 2 aromatic heterocycles. The molecule has 0 aliphatic heterocycles. The molecule has 1 unspecified atom stereocenters. The molecule has 2 nitrogen and oxygen atoms in total. The molecular weight excluding hydrogens is 785 g/mol. The summed E-state index contributed by atoms with van der Waals surface area (Å²) in [6, 6.07) is 77.0. The highest BCUT2D eigenvalue weighted by Crippen LogP contribution is 2.50. The molecule has 14 rings (SSSR count). The molecule has 1 atom stereocenters. The lowest BCUT2D eigenvalue weighted by atomic mass is 9.91. The largest absolute Gasteiger partial charge is 0.313 e. The Labute approximate surface area is 377 Å². The molecule has 65 heavy (non-hydrogen) atoms. The molecule has 0 saturated carbocycles. The van der Waals surface area contributed by atoms with Crippen LogP contribution in [-0.4, -0.2) is 9.13 Å². The van der Waals surface area contributed by atoms with Gasteiger partial charge in [0.15, 0.2) is 0 Å². The van der Waals surface area contributed by atoms with Crippen LogP contribution in [0, 0.1) is 0 Å². The zero-order valence-electron chi connectivity index (χ0n) is 36.0. The molecule has 2 aliphatic rings. The molecule has 0 radical (unpaired) electrons. The van der Waals surface area contributed by atoms with Crippen molar-refractivity contribution >= 4 is 60.3 Å². The second-order valence-electron chi connectivity index (χ2n) is 18.0. The van der Waals surface area contributed by atoms with E-state index in [9.17, 15) is 0 Å². The molecule has 0 amide bonds. The number of hydrogen-bond donors (Lipinski definition) is 0. The Morgan fingerprint density at radius 2 is 1.03 bits per heavy atom. The average molecular weight is 827 g/mol. The molecular formula is C63H42N2. The molecule has 0 saturated heterocycles. The van der Waals surface area contributed by atoms with Crippen LogP contribution in [0.25, 0.3) is 127 Å². The molecule has 304 valence electrons. The second-order valence-corrected chi connectivity index (χ2v) is 18.0. The summed E-state index contributed by atoms with van der Waals surface area (Å²) < 4.78 is 5.03. The Hall–Kier alpha value is -8.20. The molecule has 0 fully saturated rings. The number of hydrogen-bond acceptors (Lipinski definition) is 0. The monoisotopic (exact) mass is 826 g/mol. The maximum absolute atomic E-state index is 2.54. The maximum Gasteiger partial charge on any atom is 0.0619 e. The van der Waals surface area contributed by atoms with Crippen molar-refractivity contribution < 1.29 is 0 Å². The van der Waals surface area contributed by atoms with E-state index >= 15 is 0 Å². The van der Waals surface area contributed by atoms with Gasteiger partial charge in [-0.1, -0.05) is 177 Å². The van der Waals surface area contributed by atoms with Gasteiger partial charge in [0.25, 0.3) is 0 Å². The third-order valence-corrected chi connectivity index (χ3v) is 14.5. The molecule has 2 aliphatic carbocycles. The van der Waals surface area contributed by atoms with Crippen LogP contribution in [0.4, 0.5) is 0 Å². The van der Waals surface area contributed by atoms with Gasteiger partial charge in [0, 0.05) is 50.0 Å². The van der Waals surface area contributed by atoms with E-state index in [-0.39, 0.29) is 0 Å². The van der Waals surface area contributed by atoms with Gasteiger partial charge in [0.1, 0.15) is 0 Å². The number of aromatic nitrogens is 2. The summed E-state index contributed by atoms with van der Waals surface area (Å²) in [4.78, 5) is 0. The second kappa shape index (κ2) is 13.9. The van der Waals surface area contributed by atoms with E-state index in [2.05, 4.69) is 234 Å². The minimum absolute atomic E-state index is 0.430. The minimum Gasteiger partial charge on any atom is -0.313 e. The van der Waals surface area contributed by atoms with Crippen molar-refractivity contribution in [3.05, 3.63) is 224 Å². The number of nitrogens with zero attached hydrogens (tertiary/aromatic N) is 2. The summed E-state index contributed by atoms with van der Waals surface area (Å²) in [6.45, 7) is 2.36. The van der Waals surface area contributed by atoms with E-state index in [0.717, 1.165) is 6.42 Å². The first-order chi connectivity index (χ1) is 32.2. The van der Waals surface area contributed by atoms with Gasteiger partial charge in [0.2, 0.25) is 0 Å². The highest BCUT2D eigenvalue weighted by Gasteiger charge is 2.26. The highest BCUT2D eigenvalue weighted by molar-refractivity contribution is 6.20. The van der Waals surface area contributed by atoms with Gasteiger partial charge < -0.3 is 9.13 Å². The topological polar surface area (TPSA) is 9.86 Å². The summed E-state index contributed by atoms with van der Waals surface area (Å²) in [5.41, 5.74) is 21.4. The predicted octanol–water partition coefficient (Wildman–Crippen LogP) is 17.2. The van der Waals surface area contributed by atoms with Crippen LogP contribution in [0.15, 0.2) is 212 Å². The zero-order chi connectivity index (χ0) is 42.8. The van der Waals surface area contributed by atoms with Crippen molar-refractivity contribution in [1.29, 1.82) is 0 Å². The van der Waals surface area contributed by atoms with E-state index in [1.165, 1.54) is 133 Å². The van der Waals surface area contributed by atoms with Crippen molar-refractivity contribution in [1.82, 2.24) is 9.13 Å². The molecule has 12 aromatic rings. The smallest absolute Gasteiger partial charge is 0.0619 e. The fraction of sp³-hybridized carbons (Fsp3) is 0.0476. The van der Waals surface area contributed by atoms with Gasteiger partial charge in [-0.2, -0.15) is 0 Å². The third-order valence-electron chi connectivity index (χ3n) is 14.5. The average Bonchev–Trinajstić information content (AvgIpc) is 4.01. The SMILES string of the molecule is CC1CC=Cc2c1n(-c1ccccc1)c1ccc(-c3ccc4c(c3)c3ccc5ccccc5c3n4-c3ccccc3-c3ccccc3-c3ccc4c(c3)-c3cccc5cccc-4c35)cc21. The van der Waals surface area contributed by atoms with Crippen LogP contribution in [-0.2, 0) is 0 Å². The van der Waals surface area contributed by atoms with E-state index in [1.54, 1.807) is 0 Å². The van der Waals surface area contributed by atoms with Crippen LogP contribution >= 0.6 is 0 Å². The standard InChI is InChI=1S/C63H42N2/c1-39-14-11-26-53-56-36-42(30-34-59(56)64(62(39)53)45-18-3-2-4-19-45)43-31-35-60-57(37-43)54-33-28-40-15-5-6-21-47(40)63(54)65(60)58-27-10-9-23-50(58)48-22-8-7-20-46(48)44-29-32-49-51-24-12-16-41-17-13-25-52(61(41)51)55(49)38-44/h2-13,15-39H,14H2,1H3. The lowest BCUT2D eigenvalue weighted by Gasteiger charge is -2.19. The van der Waals surface area contributed by atoms with Crippen molar-refractivity contribution in [2.75, 3.05) is 0 Å². The molecule has 0 bridgehead atoms. The number of benzene rings is 10. The van der Waals surface area contributed by atoms with Crippen LogP contribution in [0.1, 0.15) is 30.5 Å². The summed E-state index contributed by atoms with van der Waals surface area (Å²) in [5.74, 6) is 0.430. The van der Waals surface area contributed by atoms with Crippen molar-refractivity contribution in [2.24, 2.45) is 0 Å². The number of rotatable bonds is 5. The van der Waals surface area contributed by atoms with Crippen molar-refractivity contribution in [3.63, 3.8) is 0 Å². The van der Waals surface area contributed by atoms with Crippen molar-refractivity contribution in [2.45, 2.75) is 19.3 Å². The fourth-order valence-corrected chi connectivity index (χ4v) is 11.6. The van der Waals surface area contributed by atoms with Gasteiger partial charge in [-0.05, 0) is 121 Å². The molecule has 2 heterocycles. The van der Waals surface area contributed by atoms with E-state index in [1.807, 2.05) is 0 Å². The Kier molecular flexibility index (Phi) is 7.76. The van der Waals surface area contributed by atoms with E-state index in [4.69, 9.17) is 0 Å². The first-order valence-corrected chi connectivity index (χ1v) is 22.9. The summed E-state index contributed by atoms with van der Waals surface area (Å²) in [5, 5.41) is 8.93. The van der Waals surface area contributed by atoms with Gasteiger partial charge >= 0.3 is 0 Å². The number of fused-ring (bicyclic) bond motifs is 11. The van der Waals surface area contributed by atoms with Gasteiger partial charge in [-0.15, -0.1) is 0 Å². The summed E-state index contributed by atoms with van der Waals surface area (Å²) in [6.07, 6.45) is 5.75. The lowest BCUT2D eigenvalue weighted by Crippen LogP contribution is -2.06. The Bertz CT molecular complexity index is 3980. The van der Waals surface area contributed by atoms with Crippen LogP contribution in [0.3, 0.4) is 0 Å². The minimum atomic E-state index is 0.430.